The Bertz CT molecular complexity index is 1180. The Hall–Kier alpha value is -3.71. The Labute approximate surface area is 170 Å². The number of halogens is 1. The van der Waals surface area contributed by atoms with Crippen LogP contribution in [0.3, 0.4) is 0 Å². The molecule has 2 heterocycles. The summed E-state index contributed by atoms with van der Waals surface area (Å²) in [5, 5.41) is 16.8. The average Bonchev–Trinajstić information content (AvgIpc) is 3.29. The summed E-state index contributed by atoms with van der Waals surface area (Å²) in [5.41, 5.74) is 1.97. The van der Waals surface area contributed by atoms with E-state index in [-0.39, 0.29) is 16.6 Å². The number of nitrogens with zero attached hydrogens (tertiary/aromatic N) is 3. The maximum absolute atomic E-state index is 12.8. The minimum absolute atomic E-state index is 0.0528. The van der Waals surface area contributed by atoms with Crippen molar-refractivity contribution in [3.63, 3.8) is 0 Å². The summed E-state index contributed by atoms with van der Waals surface area (Å²) in [6.07, 6.45) is 1.61. The number of nitro benzene ring substituents is 1. The summed E-state index contributed by atoms with van der Waals surface area (Å²) in [4.78, 5) is 23.3. The van der Waals surface area contributed by atoms with Crippen molar-refractivity contribution >= 4 is 40.7 Å². The van der Waals surface area contributed by atoms with Crippen molar-refractivity contribution in [2.45, 2.75) is 6.92 Å². The number of nitro groups is 1. The molecule has 0 unspecified atom stereocenters. The normalized spacial score (nSPS) is 15.1. The Morgan fingerprint density at radius 2 is 1.90 bits per heavy atom. The van der Waals surface area contributed by atoms with Gasteiger partial charge in [-0.1, -0.05) is 29.8 Å². The highest BCUT2D eigenvalue weighted by molar-refractivity contribution is 6.33. The Morgan fingerprint density at radius 1 is 1.14 bits per heavy atom. The van der Waals surface area contributed by atoms with Gasteiger partial charge in [-0.25, -0.2) is 0 Å². The monoisotopic (exact) mass is 407 g/mol. The number of benzene rings is 2. The van der Waals surface area contributed by atoms with Crippen LogP contribution in [0.5, 0.6) is 0 Å². The predicted octanol–water partition coefficient (Wildman–Crippen LogP) is 5.31. The minimum atomic E-state index is -0.549. The largest absolute Gasteiger partial charge is 0.457 e. The van der Waals surface area contributed by atoms with E-state index in [2.05, 4.69) is 5.10 Å². The van der Waals surface area contributed by atoms with Crippen LogP contribution in [-0.2, 0) is 4.79 Å². The smallest absolute Gasteiger partial charge is 0.288 e. The van der Waals surface area contributed by atoms with Crippen LogP contribution in [0, 0.1) is 10.1 Å². The fourth-order valence-corrected chi connectivity index (χ4v) is 3.15. The molecular formula is C21H14ClN3O4. The average molecular weight is 408 g/mol. The van der Waals surface area contributed by atoms with E-state index in [1.807, 2.05) is 18.2 Å². The summed E-state index contributed by atoms with van der Waals surface area (Å²) in [6.45, 7) is 1.75. The summed E-state index contributed by atoms with van der Waals surface area (Å²) >= 11 is 5.86. The summed E-state index contributed by atoms with van der Waals surface area (Å²) < 4.78 is 5.78. The number of carbonyl (C=O) groups is 1. The van der Waals surface area contributed by atoms with Gasteiger partial charge in [-0.05, 0) is 49.4 Å². The lowest BCUT2D eigenvalue weighted by atomic mass is 10.1. The highest BCUT2D eigenvalue weighted by atomic mass is 35.5. The first-order valence-corrected chi connectivity index (χ1v) is 9.03. The van der Waals surface area contributed by atoms with Crippen LogP contribution in [0.2, 0.25) is 5.02 Å². The summed E-state index contributed by atoms with van der Waals surface area (Å²) in [7, 11) is 0. The molecule has 0 bridgehead atoms. The summed E-state index contributed by atoms with van der Waals surface area (Å²) in [6, 6.07) is 16.9. The Morgan fingerprint density at radius 3 is 2.62 bits per heavy atom. The quantitative estimate of drug-likeness (QED) is 0.333. The van der Waals surface area contributed by atoms with Gasteiger partial charge in [-0.3, -0.25) is 14.9 Å². The molecule has 3 aromatic rings. The van der Waals surface area contributed by atoms with Crippen molar-refractivity contribution in [3.05, 3.63) is 87.1 Å². The first-order chi connectivity index (χ1) is 13.9. The van der Waals surface area contributed by atoms with Crippen LogP contribution in [0.1, 0.15) is 12.7 Å². The molecule has 0 atom stereocenters. The molecule has 8 heteroatoms. The highest BCUT2D eigenvalue weighted by Crippen LogP contribution is 2.32. The fourth-order valence-electron chi connectivity index (χ4n) is 2.96. The van der Waals surface area contributed by atoms with Crippen molar-refractivity contribution in [2.24, 2.45) is 5.10 Å². The number of anilines is 1. The Balaban J connectivity index is 1.63. The lowest BCUT2D eigenvalue weighted by Gasteiger charge is -2.10. The van der Waals surface area contributed by atoms with Gasteiger partial charge in [0.05, 0.1) is 21.9 Å². The standard InChI is InChI=1S/C21H14ClN3O4/c1-13-17(21(26)24(23-13)15-5-3-2-4-6-15)12-16-8-10-20(29-16)14-7-9-18(22)19(11-14)25(27)28/h2-12H,1H3/b17-12-. The van der Waals surface area contributed by atoms with Crippen LogP contribution < -0.4 is 5.01 Å². The number of hydrogen-bond acceptors (Lipinski definition) is 5. The molecule has 0 spiro atoms. The first kappa shape index (κ1) is 18.6. The van der Waals surface area contributed by atoms with Crippen LogP contribution in [0.15, 0.2) is 75.8 Å². The van der Waals surface area contributed by atoms with Gasteiger partial charge in [0.2, 0.25) is 0 Å². The van der Waals surface area contributed by atoms with E-state index in [1.54, 1.807) is 43.3 Å². The van der Waals surface area contributed by atoms with Crippen molar-refractivity contribution in [1.29, 1.82) is 0 Å². The van der Waals surface area contributed by atoms with Crippen molar-refractivity contribution in [1.82, 2.24) is 0 Å². The van der Waals surface area contributed by atoms with Gasteiger partial charge in [0.1, 0.15) is 16.5 Å². The minimum Gasteiger partial charge on any atom is -0.457 e. The fraction of sp³-hybridized carbons (Fsp3) is 0.0476. The van der Waals surface area contributed by atoms with Gasteiger partial charge >= 0.3 is 0 Å². The molecule has 2 aromatic carbocycles. The second-order valence-electron chi connectivity index (χ2n) is 6.32. The zero-order chi connectivity index (χ0) is 20.5. The molecular weight excluding hydrogens is 394 g/mol. The Kier molecular flexibility index (Phi) is 4.74. The molecule has 1 aliphatic rings. The topological polar surface area (TPSA) is 89.0 Å². The van der Waals surface area contributed by atoms with E-state index >= 15 is 0 Å². The third-order valence-electron chi connectivity index (χ3n) is 4.40. The van der Waals surface area contributed by atoms with Gasteiger partial charge in [0.15, 0.2) is 0 Å². The van der Waals surface area contributed by atoms with Crippen molar-refractivity contribution in [3.8, 4) is 11.3 Å². The SMILES string of the molecule is CC1=NN(c2ccccc2)C(=O)/C1=C\c1ccc(-c2ccc(Cl)c([N+](=O)[O-])c2)o1. The molecule has 0 saturated carbocycles. The van der Waals surface area contributed by atoms with E-state index in [9.17, 15) is 14.9 Å². The molecule has 1 aromatic heterocycles. The van der Waals surface area contributed by atoms with Crippen LogP contribution in [0.25, 0.3) is 17.4 Å². The number of hydrazone groups is 1. The molecule has 0 aliphatic carbocycles. The van der Waals surface area contributed by atoms with E-state index in [4.69, 9.17) is 16.0 Å². The number of amides is 1. The van der Waals surface area contributed by atoms with Gasteiger partial charge in [-0.15, -0.1) is 0 Å². The molecule has 0 saturated heterocycles. The van der Waals surface area contributed by atoms with Gasteiger partial charge in [0.25, 0.3) is 11.6 Å². The maximum Gasteiger partial charge on any atom is 0.288 e. The molecule has 4 rings (SSSR count). The maximum atomic E-state index is 12.8. The highest BCUT2D eigenvalue weighted by Gasteiger charge is 2.29. The zero-order valence-corrected chi connectivity index (χ0v) is 16.0. The third kappa shape index (κ3) is 3.55. The predicted molar refractivity (Wildman–Crippen MR) is 111 cm³/mol. The second-order valence-corrected chi connectivity index (χ2v) is 6.73. The molecule has 1 aliphatic heterocycles. The lowest BCUT2D eigenvalue weighted by Crippen LogP contribution is -2.21. The molecule has 144 valence electrons. The molecule has 7 nitrogen and oxygen atoms in total. The van der Waals surface area contributed by atoms with E-state index < -0.39 is 4.92 Å². The number of rotatable bonds is 4. The van der Waals surface area contributed by atoms with Gasteiger partial charge in [0, 0.05) is 11.6 Å². The van der Waals surface area contributed by atoms with Crippen LogP contribution in [-0.4, -0.2) is 16.5 Å². The van der Waals surface area contributed by atoms with Crippen molar-refractivity contribution < 1.29 is 14.1 Å². The second kappa shape index (κ2) is 7.37. The number of hydrogen-bond donors (Lipinski definition) is 0. The van der Waals surface area contributed by atoms with E-state index in [1.165, 1.54) is 17.1 Å². The molecule has 1 amide bonds. The first-order valence-electron chi connectivity index (χ1n) is 8.65. The lowest BCUT2D eigenvalue weighted by molar-refractivity contribution is -0.384. The van der Waals surface area contributed by atoms with E-state index in [0.717, 1.165) is 0 Å². The molecule has 0 fully saturated rings. The van der Waals surface area contributed by atoms with Gasteiger partial charge in [-0.2, -0.15) is 10.1 Å². The molecule has 0 radical (unpaired) electrons. The zero-order valence-electron chi connectivity index (χ0n) is 15.2. The van der Waals surface area contributed by atoms with Gasteiger partial charge < -0.3 is 4.42 Å². The van der Waals surface area contributed by atoms with Crippen molar-refractivity contribution in [2.75, 3.05) is 5.01 Å². The summed E-state index contributed by atoms with van der Waals surface area (Å²) in [5.74, 6) is 0.607. The number of carbonyl (C=O) groups excluding carboxylic acids is 1. The number of furan rings is 1. The molecule has 0 N–H and O–H groups in total. The van der Waals surface area contributed by atoms with Crippen LogP contribution in [0.4, 0.5) is 11.4 Å². The van der Waals surface area contributed by atoms with Crippen LogP contribution >= 0.6 is 11.6 Å². The van der Waals surface area contributed by atoms with E-state index in [0.29, 0.717) is 34.1 Å². The molecule has 29 heavy (non-hydrogen) atoms. The number of para-hydroxylation sites is 1. The third-order valence-corrected chi connectivity index (χ3v) is 4.72.